The highest BCUT2D eigenvalue weighted by atomic mass is 35.5. The average molecular weight is 351 g/mol. The molecule has 0 aliphatic rings. The monoisotopic (exact) mass is 350 g/mol. The second kappa shape index (κ2) is 5.05. The Labute approximate surface area is 138 Å². The van der Waals surface area contributed by atoms with Gasteiger partial charge in [0.05, 0.1) is 15.7 Å². The van der Waals surface area contributed by atoms with Gasteiger partial charge in [0.25, 0.3) is 0 Å². The van der Waals surface area contributed by atoms with Crippen LogP contribution in [-0.4, -0.2) is 29.6 Å². The van der Waals surface area contributed by atoms with Gasteiger partial charge in [-0.25, -0.2) is 0 Å². The molecule has 0 fully saturated rings. The number of halogens is 2. The van der Waals surface area contributed by atoms with Crippen molar-refractivity contribution in [2.45, 2.75) is 0 Å². The largest absolute Gasteiger partial charge is 0.265 e. The van der Waals surface area contributed by atoms with Crippen LogP contribution in [0.3, 0.4) is 0 Å². The molecular weight excluding hydrogens is 343 g/mol. The number of fused-ring (bicyclic) bond motifs is 1. The highest BCUT2D eigenvalue weighted by molar-refractivity contribution is 7.19. The lowest BCUT2D eigenvalue weighted by molar-refractivity contribution is 0.772. The fraction of sp³-hybridized carbons (Fsp3) is 0.0769. The third kappa shape index (κ3) is 2.01. The Hall–Kier alpha value is -1.96. The van der Waals surface area contributed by atoms with Crippen molar-refractivity contribution >= 4 is 39.5 Å². The normalized spacial score (nSPS) is 11.4. The van der Waals surface area contributed by atoms with Crippen molar-refractivity contribution in [2.24, 2.45) is 7.05 Å². The molecule has 0 saturated heterocycles. The van der Waals surface area contributed by atoms with Crippen molar-refractivity contribution in [1.82, 2.24) is 29.6 Å². The summed E-state index contributed by atoms with van der Waals surface area (Å²) >= 11 is 13.8. The minimum absolute atomic E-state index is 0.438. The summed E-state index contributed by atoms with van der Waals surface area (Å²) in [6.45, 7) is 0. The molecule has 0 N–H and O–H groups in total. The van der Waals surface area contributed by atoms with Crippen LogP contribution >= 0.6 is 34.5 Å². The summed E-state index contributed by atoms with van der Waals surface area (Å²) in [5, 5.41) is 18.8. The summed E-state index contributed by atoms with van der Waals surface area (Å²) in [6, 6.07) is 7.29. The van der Waals surface area contributed by atoms with Crippen molar-refractivity contribution < 1.29 is 0 Å². The molecule has 4 rings (SSSR count). The van der Waals surface area contributed by atoms with Gasteiger partial charge >= 0.3 is 0 Å². The number of hydrogen-bond acceptors (Lipinski definition) is 5. The summed E-state index contributed by atoms with van der Waals surface area (Å²) in [5.74, 6) is 0.562. The van der Waals surface area contributed by atoms with Crippen LogP contribution < -0.4 is 0 Å². The smallest absolute Gasteiger partial charge is 0.235 e. The van der Waals surface area contributed by atoms with E-state index in [-0.39, 0.29) is 0 Å². The van der Waals surface area contributed by atoms with Gasteiger partial charge in [-0.1, -0.05) is 40.6 Å². The summed E-state index contributed by atoms with van der Waals surface area (Å²) in [4.78, 5) is 0.683. The van der Waals surface area contributed by atoms with Crippen molar-refractivity contribution in [2.75, 3.05) is 0 Å². The van der Waals surface area contributed by atoms with Gasteiger partial charge in [0.2, 0.25) is 4.96 Å². The molecule has 22 heavy (non-hydrogen) atoms. The van der Waals surface area contributed by atoms with Crippen LogP contribution in [0.5, 0.6) is 0 Å². The number of hydrogen-bond donors (Lipinski definition) is 0. The van der Waals surface area contributed by atoms with Gasteiger partial charge in [0.1, 0.15) is 0 Å². The molecule has 3 aromatic heterocycles. The first-order chi connectivity index (χ1) is 10.6. The number of nitrogens with zero attached hydrogens (tertiary/aromatic N) is 6. The van der Waals surface area contributed by atoms with Gasteiger partial charge in [0.15, 0.2) is 10.8 Å². The fourth-order valence-corrected chi connectivity index (χ4v) is 3.43. The topological polar surface area (TPSA) is 60.9 Å². The maximum Gasteiger partial charge on any atom is 0.235 e. The van der Waals surface area contributed by atoms with E-state index in [0.717, 1.165) is 10.7 Å². The Morgan fingerprint density at radius 2 is 2.00 bits per heavy atom. The quantitative estimate of drug-likeness (QED) is 0.554. The lowest BCUT2D eigenvalue weighted by Gasteiger charge is -2.02. The van der Waals surface area contributed by atoms with E-state index in [2.05, 4.69) is 20.4 Å². The van der Waals surface area contributed by atoms with Crippen molar-refractivity contribution in [3.05, 3.63) is 40.5 Å². The molecule has 0 unspecified atom stereocenters. The van der Waals surface area contributed by atoms with E-state index in [4.69, 9.17) is 23.2 Å². The molecule has 6 nitrogen and oxygen atoms in total. The van der Waals surface area contributed by atoms with Crippen LogP contribution in [0.25, 0.3) is 27.1 Å². The first-order valence-corrected chi connectivity index (χ1v) is 7.87. The molecule has 0 aliphatic carbocycles. The fourth-order valence-electron chi connectivity index (χ4n) is 2.15. The second-order valence-electron chi connectivity index (χ2n) is 4.57. The predicted octanol–water partition coefficient (Wildman–Crippen LogP) is 3.56. The van der Waals surface area contributed by atoms with Crippen LogP contribution in [0.1, 0.15) is 0 Å². The predicted molar refractivity (Wildman–Crippen MR) is 86.3 cm³/mol. The Balaban J connectivity index is 1.92. The Morgan fingerprint density at radius 1 is 1.14 bits per heavy atom. The zero-order valence-corrected chi connectivity index (χ0v) is 13.6. The van der Waals surface area contributed by atoms with Crippen LogP contribution in [0.15, 0.2) is 30.5 Å². The van der Waals surface area contributed by atoms with Gasteiger partial charge in [-0.2, -0.15) is 14.7 Å². The highest BCUT2D eigenvalue weighted by Crippen LogP contribution is 2.34. The summed E-state index contributed by atoms with van der Waals surface area (Å²) in [7, 11) is 1.87. The molecular formula is C13H8Cl2N6S. The van der Waals surface area contributed by atoms with Gasteiger partial charge in [-0.3, -0.25) is 4.68 Å². The molecule has 4 aromatic rings. The molecule has 110 valence electrons. The molecule has 0 bridgehead atoms. The Kier molecular flexibility index (Phi) is 3.14. The molecule has 3 heterocycles. The molecule has 0 spiro atoms. The highest BCUT2D eigenvalue weighted by Gasteiger charge is 2.18. The van der Waals surface area contributed by atoms with E-state index >= 15 is 0 Å². The number of aryl methyl sites for hydroxylation is 1. The third-order valence-corrected chi connectivity index (χ3v) is 4.96. The third-order valence-electron chi connectivity index (χ3n) is 3.22. The van der Waals surface area contributed by atoms with Gasteiger partial charge in [-0.05, 0) is 18.2 Å². The number of rotatable bonds is 2. The lowest BCUT2D eigenvalue weighted by Crippen LogP contribution is -1.95. The SMILES string of the molecule is Cn1nccc1-c1nn2c(-c3cccc(Cl)c3Cl)nnc2s1. The molecule has 0 amide bonds. The van der Waals surface area contributed by atoms with Crippen LogP contribution in [-0.2, 0) is 7.05 Å². The Morgan fingerprint density at radius 3 is 2.77 bits per heavy atom. The molecule has 0 radical (unpaired) electrons. The van der Waals surface area contributed by atoms with Gasteiger partial charge in [0, 0.05) is 18.8 Å². The molecule has 0 aliphatic heterocycles. The maximum atomic E-state index is 6.27. The lowest BCUT2D eigenvalue weighted by atomic mass is 10.2. The Bertz CT molecular complexity index is 986. The summed E-state index contributed by atoms with van der Waals surface area (Å²) in [5.41, 5.74) is 1.61. The maximum absolute atomic E-state index is 6.27. The van der Waals surface area contributed by atoms with Gasteiger partial charge < -0.3 is 0 Å². The minimum Gasteiger partial charge on any atom is -0.265 e. The summed E-state index contributed by atoms with van der Waals surface area (Å²) in [6.07, 6.45) is 1.73. The zero-order chi connectivity index (χ0) is 15.3. The molecule has 0 atom stereocenters. The standard InChI is InChI=1S/C13H8Cl2N6S/c1-20-9(5-6-16-20)12-19-21-11(17-18-13(21)22-12)7-3-2-4-8(14)10(7)15/h2-6H,1H3. The van der Waals surface area contributed by atoms with Crippen molar-refractivity contribution in [1.29, 1.82) is 0 Å². The molecule has 1 aromatic carbocycles. The molecule has 9 heteroatoms. The van der Waals surface area contributed by atoms with Crippen LogP contribution in [0, 0.1) is 0 Å². The van der Waals surface area contributed by atoms with E-state index in [9.17, 15) is 0 Å². The van der Waals surface area contributed by atoms with E-state index in [1.54, 1.807) is 21.5 Å². The van der Waals surface area contributed by atoms with E-state index in [1.165, 1.54) is 11.3 Å². The van der Waals surface area contributed by atoms with Crippen LogP contribution in [0.2, 0.25) is 10.0 Å². The molecule has 0 saturated carbocycles. The average Bonchev–Trinajstić information content (AvgIpc) is 3.17. The minimum atomic E-state index is 0.438. The first kappa shape index (κ1) is 13.7. The van der Waals surface area contributed by atoms with E-state index in [1.807, 2.05) is 25.2 Å². The van der Waals surface area contributed by atoms with Crippen molar-refractivity contribution in [3.63, 3.8) is 0 Å². The first-order valence-electron chi connectivity index (χ1n) is 6.30. The second-order valence-corrected chi connectivity index (χ2v) is 6.31. The number of aromatic nitrogens is 6. The zero-order valence-electron chi connectivity index (χ0n) is 11.2. The van der Waals surface area contributed by atoms with Gasteiger partial charge in [-0.15, -0.1) is 10.2 Å². The van der Waals surface area contributed by atoms with E-state index in [0.29, 0.717) is 26.4 Å². The van der Waals surface area contributed by atoms with Crippen LogP contribution in [0.4, 0.5) is 0 Å². The summed E-state index contributed by atoms with van der Waals surface area (Å²) < 4.78 is 3.43. The van der Waals surface area contributed by atoms with Crippen molar-refractivity contribution in [3.8, 4) is 22.1 Å². The van der Waals surface area contributed by atoms with E-state index < -0.39 is 0 Å². The number of benzene rings is 1.